The van der Waals surface area contributed by atoms with Crippen molar-refractivity contribution in [3.8, 4) is 0 Å². The minimum atomic E-state index is -0.170. The molecule has 148 valence electrons. The molecule has 0 aliphatic carbocycles. The van der Waals surface area contributed by atoms with Crippen LogP contribution in [0.2, 0.25) is 0 Å². The number of aryl methyl sites for hydroxylation is 2. The summed E-state index contributed by atoms with van der Waals surface area (Å²) in [7, 11) is 5.92. The van der Waals surface area contributed by atoms with Gasteiger partial charge in [-0.2, -0.15) is 10.2 Å². The SMILES string of the molecule is CCCn1ncc(C(=O)N2CCO[C@@H](CN(C)C)[C@@H]2c2cnn(C)c2)c1C. The monoisotopic (exact) mass is 374 g/mol. The fourth-order valence-electron chi connectivity index (χ4n) is 3.71. The van der Waals surface area contributed by atoms with Crippen LogP contribution >= 0.6 is 0 Å². The average Bonchev–Trinajstić information content (AvgIpc) is 3.20. The molecule has 2 atom stereocenters. The lowest BCUT2D eigenvalue weighted by atomic mass is 9.99. The van der Waals surface area contributed by atoms with Crippen LogP contribution in [0, 0.1) is 6.92 Å². The van der Waals surface area contributed by atoms with Crippen LogP contribution in [0.15, 0.2) is 18.6 Å². The third-order valence-corrected chi connectivity index (χ3v) is 4.99. The zero-order valence-electron chi connectivity index (χ0n) is 16.9. The van der Waals surface area contributed by atoms with Crippen LogP contribution in [0.5, 0.6) is 0 Å². The number of morpholine rings is 1. The lowest BCUT2D eigenvalue weighted by molar-refractivity contribution is -0.0685. The molecule has 27 heavy (non-hydrogen) atoms. The number of rotatable bonds is 6. The standard InChI is InChI=1S/C19H30N6O2/c1-6-7-25-14(2)16(11-21-25)19(26)24-8-9-27-17(13-22(3)4)18(24)15-10-20-23(5)12-15/h10-12,17-18H,6-9,13H2,1-5H3/t17-,18-/m0/s1. The topological polar surface area (TPSA) is 68.4 Å². The second-order valence-electron chi connectivity index (χ2n) is 7.43. The van der Waals surface area contributed by atoms with Gasteiger partial charge in [0, 0.05) is 44.1 Å². The Morgan fingerprint density at radius 2 is 2.11 bits per heavy atom. The van der Waals surface area contributed by atoms with Crippen molar-refractivity contribution in [2.24, 2.45) is 7.05 Å². The Morgan fingerprint density at radius 1 is 1.33 bits per heavy atom. The summed E-state index contributed by atoms with van der Waals surface area (Å²) in [5.41, 5.74) is 2.58. The highest BCUT2D eigenvalue weighted by Crippen LogP contribution is 2.31. The van der Waals surface area contributed by atoms with Crippen molar-refractivity contribution < 1.29 is 9.53 Å². The number of nitrogens with zero attached hydrogens (tertiary/aromatic N) is 6. The van der Waals surface area contributed by atoms with Crippen molar-refractivity contribution in [3.05, 3.63) is 35.4 Å². The number of hydrogen-bond acceptors (Lipinski definition) is 5. The molecule has 0 saturated carbocycles. The van der Waals surface area contributed by atoms with Gasteiger partial charge in [-0.25, -0.2) is 0 Å². The zero-order valence-corrected chi connectivity index (χ0v) is 16.9. The van der Waals surface area contributed by atoms with Crippen molar-refractivity contribution in [1.29, 1.82) is 0 Å². The van der Waals surface area contributed by atoms with E-state index in [-0.39, 0.29) is 18.1 Å². The molecule has 1 amide bonds. The molecule has 0 bridgehead atoms. The van der Waals surface area contributed by atoms with Crippen LogP contribution in [0.3, 0.4) is 0 Å². The number of carbonyl (C=O) groups is 1. The molecule has 1 fully saturated rings. The zero-order chi connectivity index (χ0) is 19.6. The molecule has 8 heteroatoms. The highest BCUT2D eigenvalue weighted by molar-refractivity contribution is 5.95. The predicted octanol–water partition coefficient (Wildman–Crippen LogP) is 1.48. The molecule has 0 aromatic carbocycles. The maximum absolute atomic E-state index is 13.4. The third-order valence-electron chi connectivity index (χ3n) is 4.99. The lowest BCUT2D eigenvalue weighted by Crippen LogP contribution is -2.51. The number of likely N-dealkylation sites (N-methyl/N-ethyl adjacent to an activating group) is 1. The smallest absolute Gasteiger partial charge is 0.258 e. The van der Waals surface area contributed by atoms with E-state index in [1.807, 2.05) is 50.0 Å². The molecule has 0 radical (unpaired) electrons. The summed E-state index contributed by atoms with van der Waals surface area (Å²) in [6, 6.07) is -0.170. The van der Waals surface area contributed by atoms with Crippen molar-refractivity contribution in [2.45, 2.75) is 39.0 Å². The van der Waals surface area contributed by atoms with E-state index >= 15 is 0 Å². The van der Waals surface area contributed by atoms with Crippen LogP contribution in [0.1, 0.15) is 41.0 Å². The average molecular weight is 374 g/mol. The summed E-state index contributed by atoms with van der Waals surface area (Å²) in [5.74, 6) is 0.00997. The quantitative estimate of drug-likeness (QED) is 0.766. The lowest BCUT2D eigenvalue weighted by Gasteiger charge is -2.41. The van der Waals surface area contributed by atoms with E-state index in [1.54, 1.807) is 10.9 Å². The summed E-state index contributed by atoms with van der Waals surface area (Å²) in [6.07, 6.45) is 6.37. The van der Waals surface area contributed by atoms with Crippen LogP contribution in [-0.4, -0.2) is 75.2 Å². The van der Waals surface area contributed by atoms with Crippen molar-refractivity contribution in [1.82, 2.24) is 29.4 Å². The van der Waals surface area contributed by atoms with E-state index in [9.17, 15) is 4.79 Å². The molecule has 0 unspecified atom stereocenters. The van der Waals surface area contributed by atoms with Gasteiger partial charge in [0.2, 0.25) is 0 Å². The largest absolute Gasteiger partial charge is 0.373 e. The summed E-state index contributed by atoms with van der Waals surface area (Å²) in [6.45, 7) is 6.71. The van der Waals surface area contributed by atoms with Gasteiger partial charge < -0.3 is 14.5 Å². The fraction of sp³-hybridized carbons (Fsp3) is 0.632. The molecular formula is C19H30N6O2. The molecule has 3 heterocycles. The Morgan fingerprint density at radius 3 is 2.74 bits per heavy atom. The minimum Gasteiger partial charge on any atom is -0.373 e. The van der Waals surface area contributed by atoms with Crippen molar-refractivity contribution in [2.75, 3.05) is 33.8 Å². The Labute approximate surface area is 160 Å². The van der Waals surface area contributed by atoms with Gasteiger partial charge in [0.25, 0.3) is 5.91 Å². The Bertz CT molecular complexity index is 781. The Balaban J connectivity index is 1.94. The van der Waals surface area contributed by atoms with Crippen LogP contribution < -0.4 is 0 Å². The van der Waals surface area contributed by atoms with Crippen molar-refractivity contribution in [3.63, 3.8) is 0 Å². The third kappa shape index (κ3) is 4.06. The maximum Gasteiger partial charge on any atom is 0.258 e. The minimum absolute atomic E-state index is 0.00997. The van der Waals surface area contributed by atoms with E-state index in [2.05, 4.69) is 22.0 Å². The van der Waals surface area contributed by atoms with Gasteiger partial charge in [-0.15, -0.1) is 0 Å². The number of ether oxygens (including phenoxy) is 1. The molecular weight excluding hydrogens is 344 g/mol. The molecule has 3 rings (SSSR count). The highest BCUT2D eigenvalue weighted by Gasteiger charge is 2.38. The number of carbonyl (C=O) groups excluding carboxylic acids is 1. The Kier molecular flexibility index (Phi) is 5.96. The van der Waals surface area contributed by atoms with Crippen LogP contribution in [0.4, 0.5) is 0 Å². The number of aromatic nitrogens is 4. The normalized spacial score (nSPS) is 20.4. The first-order valence-corrected chi connectivity index (χ1v) is 9.50. The maximum atomic E-state index is 13.4. The van der Waals surface area contributed by atoms with E-state index in [1.165, 1.54) is 0 Å². The van der Waals surface area contributed by atoms with E-state index in [4.69, 9.17) is 4.74 Å². The van der Waals surface area contributed by atoms with Crippen LogP contribution in [-0.2, 0) is 18.3 Å². The first kappa shape index (κ1) is 19.6. The molecule has 1 saturated heterocycles. The fourth-order valence-corrected chi connectivity index (χ4v) is 3.71. The summed E-state index contributed by atoms with van der Waals surface area (Å²) < 4.78 is 9.74. The Hall–Kier alpha value is -2.19. The van der Waals surface area contributed by atoms with Gasteiger partial charge in [0.1, 0.15) is 0 Å². The summed E-state index contributed by atoms with van der Waals surface area (Å²) in [5, 5.41) is 8.71. The number of amides is 1. The second kappa shape index (κ2) is 8.22. The molecule has 0 N–H and O–H groups in total. The molecule has 1 aliphatic rings. The van der Waals surface area contributed by atoms with Gasteiger partial charge in [0.05, 0.1) is 36.7 Å². The van der Waals surface area contributed by atoms with E-state index in [0.29, 0.717) is 18.7 Å². The first-order chi connectivity index (χ1) is 12.9. The molecule has 8 nitrogen and oxygen atoms in total. The molecule has 2 aromatic heterocycles. The van der Waals surface area contributed by atoms with E-state index in [0.717, 1.165) is 30.8 Å². The molecule has 1 aliphatic heterocycles. The van der Waals surface area contributed by atoms with Gasteiger partial charge in [0.15, 0.2) is 0 Å². The van der Waals surface area contributed by atoms with Crippen LogP contribution in [0.25, 0.3) is 0 Å². The van der Waals surface area contributed by atoms with Gasteiger partial charge in [-0.1, -0.05) is 6.92 Å². The van der Waals surface area contributed by atoms with E-state index < -0.39 is 0 Å². The summed E-state index contributed by atoms with van der Waals surface area (Å²) in [4.78, 5) is 17.5. The van der Waals surface area contributed by atoms with Crippen molar-refractivity contribution >= 4 is 5.91 Å². The molecule has 0 spiro atoms. The first-order valence-electron chi connectivity index (χ1n) is 9.50. The van der Waals surface area contributed by atoms with Gasteiger partial charge in [-0.3, -0.25) is 14.2 Å². The molecule has 2 aromatic rings. The van der Waals surface area contributed by atoms with Gasteiger partial charge >= 0.3 is 0 Å². The van der Waals surface area contributed by atoms with Gasteiger partial charge in [-0.05, 0) is 27.4 Å². The highest BCUT2D eigenvalue weighted by atomic mass is 16.5. The second-order valence-corrected chi connectivity index (χ2v) is 7.43. The predicted molar refractivity (Wildman–Crippen MR) is 103 cm³/mol. The summed E-state index contributed by atoms with van der Waals surface area (Å²) >= 11 is 0. The number of hydrogen-bond donors (Lipinski definition) is 0.